The lowest BCUT2D eigenvalue weighted by molar-refractivity contribution is 0.0992. The quantitative estimate of drug-likeness (QED) is 0.857. The van der Waals surface area contributed by atoms with Gasteiger partial charge in [0, 0.05) is 18.2 Å². The number of ketones is 1. The first-order valence-electron chi connectivity index (χ1n) is 6.29. The summed E-state index contributed by atoms with van der Waals surface area (Å²) in [5.41, 5.74) is 10.8. The molecular weight excluding hydrogens is 236 g/mol. The molecule has 98 valence electrons. The van der Waals surface area contributed by atoms with Crippen molar-refractivity contribution < 1.29 is 4.79 Å². The third-order valence-corrected chi connectivity index (χ3v) is 3.29. The Kier molecular flexibility index (Phi) is 3.65. The number of nitrogens with two attached hydrogens (primary N) is 1. The fraction of sp³-hybridized carbons (Fsp3) is 0.250. The van der Waals surface area contributed by atoms with Crippen molar-refractivity contribution >= 4 is 11.6 Å². The molecule has 0 aliphatic rings. The predicted molar refractivity (Wildman–Crippen MR) is 77.3 cm³/mol. The first-order valence-corrected chi connectivity index (χ1v) is 6.29. The zero-order valence-electron chi connectivity index (χ0n) is 11.5. The van der Waals surface area contributed by atoms with Crippen LogP contribution >= 0.6 is 0 Å². The van der Waals surface area contributed by atoms with E-state index in [9.17, 15) is 4.79 Å². The first kappa shape index (κ1) is 13.3. The van der Waals surface area contributed by atoms with Gasteiger partial charge in [0.1, 0.15) is 5.82 Å². The van der Waals surface area contributed by atoms with Crippen LogP contribution in [0.4, 0.5) is 5.82 Å². The molecule has 0 saturated heterocycles. The highest BCUT2D eigenvalue weighted by Crippen LogP contribution is 2.18. The lowest BCUT2D eigenvalue weighted by atomic mass is 9.94. The van der Waals surface area contributed by atoms with Gasteiger partial charge in [-0.15, -0.1) is 0 Å². The highest BCUT2D eigenvalue weighted by Gasteiger charge is 2.11. The van der Waals surface area contributed by atoms with Crippen molar-refractivity contribution in [3.05, 3.63) is 58.3 Å². The van der Waals surface area contributed by atoms with Gasteiger partial charge in [-0.3, -0.25) is 4.79 Å². The molecule has 0 unspecified atom stereocenters. The second kappa shape index (κ2) is 5.22. The van der Waals surface area contributed by atoms with Gasteiger partial charge >= 0.3 is 0 Å². The molecule has 0 bridgehead atoms. The van der Waals surface area contributed by atoms with Crippen LogP contribution in [0.2, 0.25) is 0 Å². The zero-order chi connectivity index (χ0) is 14.0. The van der Waals surface area contributed by atoms with Crippen LogP contribution in [-0.4, -0.2) is 10.8 Å². The van der Waals surface area contributed by atoms with Gasteiger partial charge in [-0.05, 0) is 49.6 Å². The van der Waals surface area contributed by atoms with E-state index in [2.05, 4.69) is 24.0 Å². The second-order valence-electron chi connectivity index (χ2n) is 4.95. The zero-order valence-corrected chi connectivity index (χ0v) is 11.5. The molecule has 2 N–H and O–H groups in total. The number of carbonyl (C=O) groups is 1. The van der Waals surface area contributed by atoms with Crippen LogP contribution in [0.25, 0.3) is 0 Å². The first-order chi connectivity index (χ1) is 8.97. The Bertz CT molecular complexity index is 592. The monoisotopic (exact) mass is 254 g/mol. The minimum absolute atomic E-state index is 0.0718. The van der Waals surface area contributed by atoms with Gasteiger partial charge < -0.3 is 5.73 Å². The molecule has 0 radical (unpaired) electrons. The number of aryl methyl sites for hydroxylation is 3. The summed E-state index contributed by atoms with van der Waals surface area (Å²) in [4.78, 5) is 16.2. The van der Waals surface area contributed by atoms with Crippen LogP contribution in [0.5, 0.6) is 0 Å². The maximum atomic E-state index is 12.2. The van der Waals surface area contributed by atoms with Gasteiger partial charge in [-0.1, -0.05) is 17.7 Å². The summed E-state index contributed by atoms with van der Waals surface area (Å²) in [6.07, 6.45) is 1.94. The van der Waals surface area contributed by atoms with Crippen molar-refractivity contribution in [3.63, 3.8) is 0 Å². The normalized spacial score (nSPS) is 10.5. The lowest BCUT2D eigenvalue weighted by Crippen LogP contribution is -2.07. The summed E-state index contributed by atoms with van der Waals surface area (Å²) in [7, 11) is 0. The molecule has 3 heteroatoms. The second-order valence-corrected chi connectivity index (χ2v) is 4.95. The summed E-state index contributed by atoms with van der Waals surface area (Å²) in [6.45, 7) is 6.16. The lowest BCUT2D eigenvalue weighted by Gasteiger charge is -2.10. The van der Waals surface area contributed by atoms with Crippen molar-refractivity contribution in [2.75, 3.05) is 5.73 Å². The van der Waals surface area contributed by atoms with E-state index >= 15 is 0 Å². The third-order valence-electron chi connectivity index (χ3n) is 3.29. The molecule has 1 aromatic carbocycles. The van der Waals surface area contributed by atoms with E-state index in [1.165, 1.54) is 11.8 Å². The summed E-state index contributed by atoms with van der Waals surface area (Å²) in [5.74, 6) is 0.502. The molecule has 0 aliphatic heterocycles. The van der Waals surface area contributed by atoms with Crippen molar-refractivity contribution in [3.8, 4) is 0 Å². The molecule has 1 heterocycles. The maximum absolute atomic E-state index is 12.2. The standard InChI is InChI=1S/C16H18N2O/c1-10-6-11(2)14(12(3)7-10)8-15(19)13-4-5-16(17)18-9-13/h4-7,9H,8H2,1-3H3,(H2,17,18). The van der Waals surface area contributed by atoms with E-state index in [0.29, 0.717) is 17.8 Å². The molecule has 19 heavy (non-hydrogen) atoms. The smallest absolute Gasteiger partial charge is 0.168 e. The number of nitrogens with zero attached hydrogens (tertiary/aromatic N) is 1. The van der Waals surface area contributed by atoms with E-state index < -0.39 is 0 Å². The fourth-order valence-electron chi connectivity index (χ4n) is 2.32. The van der Waals surface area contributed by atoms with Crippen molar-refractivity contribution in [2.24, 2.45) is 0 Å². The number of pyridine rings is 1. The Morgan fingerprint density at radius 3 is 2.32 bits per heavy atom. The molecule has 3 nitrogen and oxygen atoms in total. The molecule has 2 rings (SSSR count). The van der Waals surface area contributed by atoms with E-state index in [1.54, 1.807) is 12.1 Å². The number of hydrogen-bond donors (Lipinski definition) is 1. The topological polar surface area (TPSA) is 56.0 Å². The highest BCUT2D eigenvalue weighted by molar-refractivity contribution is 5.97. The predicted octanol–water partition coefficient (Wildman–Crippen LogP) is 3.01. The van der Waals surface area contributed by atoms with E-state index in [4.69, 9.17) is 5.73 Å². The number of Topliss-reactive ketones (excluding diaryl/α,β-unsaturated/α-hetero) is 1. The maximum Gasteiger partial charge on any atom is 0.168 e. The SMILES string of the molecule is Cc1cc(C)c(CC(=O)c2ccc(N)nc2)c(C)c1. The average Bonchev–Trinajstić information content (AvgIpc) is 2.34. The van der Waals surface area contributed by atoms with Crippen LogP contribution in [0, 0.1) is 20.8 Å². The van der Waals surface area contributed by atoms with Gasteiger partial charge in [-0.2, -0.15) is 0 Å². The molecule has 0 amide bonds. The van der Waals surface area contributed by atoms with E-state index in [-0.39, 0.29) is 5.78 Å². The number of nitrogen functional groups attached to an aromatic ring is 1. The molecule has 0 atom stereocenters. The van der Waals surface area contributed by atoms with Crippen LogP contribution in [0.15, 0.2) is 30.5 Å². The summed E-state index contributed by atoms with van der Waals surface area (Å²) < 4.78 is 0. The Balaban J connectivity index is 2.26. The van der Waals surface area contributed by atoms with Crippen LogP contribution in [0.1, 0.15) is 32.6 Å². The van der Waals surface area contributed by atoms with E-state index in [1.807, 2.05) is 13.8 Å². The fourth-order valence-corrected chi connectivity index (χ4v) is 2.32. The Labute approximate surface area is 113 Å². The molecule has 0 aliphatic carbocycles. The summed E-state index contributed by atoms with van der Waals surface area (Å²) in [5, 5.41) is 0. The van der Waals surface area contributed by atoms with Crippen LogP contribution < -0.4 is 5.73 Å². The van der Waals surface area contributed by atoms with Crippen LogP contribution in [-0.2, 0) is 6.42 Å². The largest absolute Gasteiger partial charge is 0.384 e. The summed E-state index contributed by atoms with van der Waals surface area (Å²) >= 11 is 0. The average molecular weight is 254 g/mol. The molecule has 0 saturated carbocycles. The van der Waals surface area contributed by atoms with Gasteiger partial charge in [0.15, 0.2) is 5.78 Å². The van der Waals surface area contributed by atoms with Gasteiger partial charge in [0.25, 0.3) is 0 Å². The molecule has 2 aromatic rings. The number of aromatic nitrogens is 1. The molecule has 0 spiro atoms. The Hall–Kier alpha value is -2.16. The summed E-state index contributed by atoms with van der Waals surface area (Å²) in [6, 6.07) is 7.60. The minimum Gasteiger partial charge on any atom is -0.384 e. The number of carbonyl (C=O) groups excluding carboxylic acids is 1. The number of rotatable bonds is 3. The molecular formula is C16H18N2O. The van der Waals surface area contributed by atoms with Crippen molar-refractivity contribution in [1.82, 2.24) is 4.98 Å². The van der Waals surface area contributed by atoms with Crippen LogP contribution in [0.3, 0.4) is 0 Å². The Morgan fingerprint density at radius 2 is 1.79 bits per heavy atom. The highest BCUT2D eigenvalue weighted by atomic mass is 16.1. The number of benzene rings is 1. The number of anilines is 1. The minimum atomic E-state index is 0.0718. The van der Waals surface area contributed by atoms with Gasteiger partial charge in [-0.25, -0.2) is 4.98 Å². The van der Waals surface area contributed by atoms with E-state index in [0.717, 1.165) is 16.7 Å². The van der Waals surface area contributed by atoms with Crippen molar-refractivity contribution in [1.29, 1.82) is 0 Å². The molecule has 1 aromatic heterocycles. The Morgan fingerprint density at radius 1 is 1.16 bits per heavy atom. The van der Waals surface area contributed by atoms with Crippen molar-refractivity contribution in [2.45, 2.75) is 27.2 Å². The number of hydrogen-bond acceptors (Lipinski definition) is 3. The third kappa shape index (κ3) is 2.99. The van der Waals surface area contributed by atoms with Gasteiger partial charge in [0.05, 0.1) is 0 Å². The molecule has 0 fully saturated rings. The van der Waals surface area contributed by atoms with Gasteiger partial charge in [0.2, 0.25) is 0 Å².